The minimum absolute atomic E-state index is 0.205. The molecule has 0 N–H and O–H groups in total. The van der Waals surface area contributed by atoms with Gasteiger partial charge >= 0.3 is 0 Å². The van der Waals surface area contributed by atoms with Crippen LogP contribution in [0.5, 0.6) is 0 Å². The Bertz CT molecular complexity index is 275. The fraction of sp³-hybridized carbons (Fsp3) is 0.786. The van der Waals surface area contributed by atoms with E-state index in [9.17, 15) is 4.79 Å². The van der Waals surface area contributed by atoms with E-state index in [1.165, 1.54) is 37.7 Å². The molecule has 2 rings (SSSR count). The number of hydrogen-bond donors (Lipinski definition) is 0. The third-order valence-corrected chi connectivity index (χ3v) is 3.97. The zero-order valence-electron chi connectivity index (χ0n) is 9.96. The Labute approximate surface area is 92.9 Å². The van der Waals surface area contributed by atoms with Crippen LogP contribution in [0.4, 0.5) is 0 Å². The molecule has 2 aliphatic rings. The number of hydrogen-bond acceptors (Lipinski definition) is 1. The molecule has 0 aromatic carbocycles. The number of ketones is 1. The molecule has 1 heteroatoms. The first-order chi connectivity index (χ1) is 7.20. The van der Waals surface area contributed by atoms with Crippen LogP contribution in [-0.2, 0) is 4.79 Å². The van der Waals surface area contributed by atoms with Gasteiger partial charge < -0.3 is 0 Å². The predicted molar refractivity (Wildman–Crippen MR) is 62.6 cm³/mol. The summed E-state index contributed by atoms with van der Waals surface area (Å²) in [7, 11) is 0. The fourth-order valence-corrected chi connectivity index (χ4v) is 3.15. The van der Waals surface area contributed by atoms with Gasteiger partial charge in [-0.15, -0.1) is 0 Å². The quantitative estimate of drug-likeness (QED) is 0.629. The van der Waals surface area contributed by atoms with Crippen LogP contribution in [0, 0.1) is 17.8 Å². The van der Waals surface area contributed by atoms with Crippen LogP contribution < -0.4 is 0 Å². The molecule has 0 saturated heterocycles. The monoisotopic (exact) mass is 206 g/mol. The second kappa shape index (κ2) is 4.51. The zero-order chi connectivity index (χ0) is 10.8. The Morgan fingerprint density at radius 3 is 2.73 bits per heavy atom. The van der Waals surface area contributed by atoms with Gasteiger partial charge in [0, 0.05) is 11.8 Å². The van der Waals surface area contributed by atoms with Crippen LogP contribution in [0.3, 0.4) is 0 Å². The van der Waals surface area contributed by atoms with E-state index >= 15 is 0 Å². The van der Waals surface area contributed by atoms with Crippen LogP contribution in [0.25, 0.3) is 0 Å². The van der Waals surface area contributed by atoms with Crippen LogP contribution in [-0.4, -0.2) is 5.78 Å². The standard InChI is InChI=1S/C14H22O/c1-10(2)14(15)13-9-5-7-11-6-3-4-8-12(11)13/h8,10-11,13H,3-7,9H2,1-2H3. The highest BCUT2D eigenvalue weighted by molar-refractivity contribution is 5.85. The van der Waals surface area contributed by atoms with Crippen molar-refractivity contribution >= 4 is 5.78 Å². The SMILES string of the molecule is CC(C)C(=O)C1CCCC2CCCC=C21. The smallest absolute Gasteiger partial charge is 0.142 e. The molecular formula is C14H22O. The molecule has 0 bridgehead atoms. The van der Waals surface area contributed by atoms with E-state index in [-0.39, 0.29) is 11.8 Å². The van der Waals surface area contributed by atoms with Crippen molar-refractivity contribution in [2.75, 3.05) is 0 Å². The van der Waals surface area contributed by atoms with Crippen molar-refractivity contribution in [2.24, 2.45) is 17.8 Å². The molecule has 0 aromatic rings. The van der Waals surface area contributed by atoms with Crippen molar-refractivity contribution in [3.63, 3.8) is 0 Å². The van der Waals surface area contributed by atoms with Crippen LogP contribution in [0.1, 0.15) is 52.4 Å². The molecule has 2 unspecified atom stereocenters. The van der Waals surface area contributed by atoms with Gasteiger partial charge in [0.15, 0.2) is 0 Å². The molecule has 0 aromatic heterocycles. The molecule has 2 atom stereocenters. The fourth-order valence-electron chi connectivity index (χ4n) is 3.15. The summed E-state index contributed by atoms with van der Waals surface area (Å²) in [5.74, 6) is 1.72. The summed E-state index contributed by atoms with van der Waals surface area (Å²) in [6, 6.07) is 0. The van der Waals surface area contributed by atoms with Crippen molar-refractivity contribution in [3.05, 3.63) is 11.6 Å². The summed E-state index contributed by atoms with van der Waals surface area (Å²) < 4.78 is 0. The second-order valence-corrected chi connectivity index (χ2v) is 5.37. The average molecular weight is 206 g/mol. The number of carbonyl (C=O) groups excluding carboxylic acids is 1. The number of fused-ring (bicyclic) bond motifs is 1. The molecule has 84 valence electrons. The van der Waals surface area contributed by atoms with E-state index in [4.69, 9.17) is 0 Å². The number of Topliss-reactive ketones (excluding diaryl/α,β-unsaturated/α-hetero) is 1. The molecular weight excluding hydrogens is 184 g/mol. The number of rotatable bonds is 2. The normalized spacial score (nSPS) is 31.0. The lowest BCUT2D eigenvalue weighted by Gasteiger charge is -2.35. The van der Waals surface area contributed by atoms with E-state index in [0.29, 0.717) is 5.78 Å². The van der Waals surface area contributed by atoms with Gasteiger partial charge in [-0.2, -0.15) is 0 Å². The maximum absolute atomic E-state index is 12.1. The molecule has 0 amide bonds. The lowest BCUT2D eigenvalue weighted by atomic mass is 9.69. The van der Waals surface area contributed by atoms with Crippen molar-refractivity contribution in [3.8, 4) is 0 Å². The van der Waals surface area contributed by atoms with Gasteiger partial charge in [-0.25, -0.2) is 0 Å². The molecule has 2 aliphatic carbocycles. The highest BCUT2D eigenvalue weighted by Crippen LogP contribution is 2.41. The maximum Gasteiger partial charge on any atom is 0.142 e. The first-order valence-corrected chi connectivity index (χ1v) is 6.44. The minimum atomic E-state index is 0.205. The molecule has 0 heterocycles. The van der Waals surface area contributed by atoms with Crippen molar-refractivity contribution < 1.29 is 4.79 Å². The minimum Gasteiger partial charge on any atom is -0.299 e. The summed E-state index contributed by atoms with van der Waals surface area (Å²) in [5, 5.41) is 0. The lowest BCUT2D eigenvalue weighted by molar-refractivity contribution is -0.125. The first kappa shape index (κ1) is 10.9. The summed E-state index contributed by atoms with van der Waals surface area (Å²) >= 11 is 0. The van der Waals surface area contributed by atoms with Gasteiger partial charge in [0.05, 0.1) is 0 Å². The molecule has 1 fully saturated rings. The van der Waals surface area contributed by atoms with Crippen molar-refractivity contribution in [1.29, 1.82) is 0 Å². The van der Waals surface area contributed by atoms with Crippen LogP contribution >= 0.6 is 0 Å². The molecule has 1 nitrogen and oxygen atoms in total. The second-order valence-electron chi connectivity index (χ2n) is 5.37. The van der Waals surface area contributed by atoms with Gasteiger partial charge in [-0.3, -0.25) is 4.79 Å². The average Bonchev–Trinajstić information content (AvgIpc) is 2.27. The Morgan fingerprint density at radius 2 is 2.00 bits per heavy atom. The Hall–Kier alpha value is -0.590. The lowest BCUT2D eigenvalue weighted by Crippen LogP contribution is -2.30. The van der Waals surface area contributed by atoms with Crippen LogP contribution in [0.15, 0.2) is 11.6 Å². The van der Waals surface area contributed by atoms with Gasteiger partial charge in [0.25, 0.3) is 0 Å². The molecule has 1 saturated carbocycles. The van der Waals surface area contributed by atoms with Gasteiger partial charge in [-0.1, -0.05) is 31.9 Å². The van der Waals surface area contributed by atoms with E-state index in [2.05, 4.69) is 6.08 Å². The van der Waals surface area contributed by atoms with E-state index in [1.807, 2.05) is 13.8 Å². The third kappa shape index (κ3) is 2.16. The zero-order valence-corrected chi connectivity index (χ0v) is 9.96. The third-order valence-electron chi connectivity index (χ3n) is 3.97. The van der Waals surface area contributed by atoms with Crippen molar-refractivity contribution in [1.82, 2.24) is 0 Å². The summed E-state index contributed by atoms with van der Waals surface area (Å²) in [6.07, 6.45) is 9.93. The van der Waals surface area contributed by atoms with Gasteiger partial charge in [0.1, 0.15) is 5.78 Å². The van der Waals surface area contributed by atoms with E-state index < -0.39 is 0 Å². The number of carbonyl (C=O) groups is 1. The Kier molecular flexibility index (Phi) is 3.28. The molecule has 15 heavy (non-hydrogen) atoms. The largest absolute Gasteiger partial charge is 0.299 e. The molecule has 0 spiro atoms. The highest BCUT2D eigenvalue weighted by atomic mass is 16.1. The van der Waals surface area contributed by atoms with Gasteiger partial charge in [-0.05, 0) is 38.0 Å². The molecule has 0 radical (unpaired) electrons. The topological polar surface area (TPSA) is 17.1 Å². The highest BCUT2D eigenvalue weighted by Gasteiger charge is 2.33. The predicted octanol–water partition coefficient (Wildman–Crippen LogP) is 3.74. The molecule has 0 aliphatic heterocycles. The Morgan fingerprint density at radius 1 is 1.27 bits per heavy atom. The number of allylic oxidation sites excluding steroid dienone is 2. The van der Waals surface area contributed by atoms with E-state index in [1.54, 1.807) is 0 Å². The van der Waals surface area contributed by atoms with Crippen LogP contribution in [0.2, 0.25) is 0 Å². The van der Waals surface area contributed by atoms with Gasteiger partial charge in [0.2, 0.25) is 0 Å². The summed E-state index contributed by atoms with van der Waals surface area (Å²) in [4.78, 5) is 12.1. The maximum atomic E-state index is 12.1. The first-order valence-electron chi connectivity index (χ1n) is 6.44. The summed E-state index contributed by atoms with van der Waals surface area (Å²) in [5.41, 5.74) is 1.51. The van der Waals surface area contributed by atoms with E-state index in [0.717, 1.165) is 12.3 Å². The summed E-state index contributed by atoms with van der Waals surface area (Å²) in [6.45, 7) is 4.07. The Balaban J connectivity index is 2.16. The van der Waals surface area contributed by atoms with Crippen molar-refractivity contribution in [2.45, 2.75) is 52.4 Å².